The number of carbonyl (C=O) groups is 2. The summed E-state index contributed by atoms with van der Waals surface area (Å²) in [6.07, 6.45) is 3.42. The first-order chi connectivity index (χ1) is 9.28. The van der Waals surface area contributed by atoms with Gasteiger partial charge in [0.2, 0.25) is 5.91 Å². The quantitative estimate of drug-likeness (QED) is 0.743. The fraction of sp³-hybridized carbons (Fsp3) is 0.733. The van der Waals surface area contributed by atoms with E-state index >= 15 is 0 Å². The lowest BCUT2D eigenvalue weighted by molar-refractivity contribution is -0.393. The van der Waals surface area contributed by atoms with E-state index in [0.717, 1.165) is 6.42 Å². The van der Waals surface area contributed by atoms with E-state index in [1.165, 1.54) is 6.08 Å². The maximum Gasteiger partial charge on any atom is 0.244 e. The summed E-state index contributed by atoms with van der Waals surface area (Å²) >= 11 is 0. The molecule has 5 nitrogen and oxygen atoms in total. The average Bonchev–Trinajstić information content (AvgIpc) is 2.35. The number of amides is 1. The summed E-state index contributed by atoms with van der Waals surface area (Å²) in [5.74, 6) is -0.862. The molecule has 0 aromatic rings. The van der Waals surface area contributed by atoms with Crippen molar-refractivity contribution in [3.8, 4) is 0 Å². The minimum absolute atomic E-state index is 0.0651. The van der Waals surface area contributed by atoms with Crippen LogP contribution in [0.4, 0.5) is 0 Å². The van der Waals surface area contributed by atoms with Crippen LogP contribution in [-0.4, -0.2) is 29.2 Å². The zero-order valence-corrected chi connectivity index (χ0v) is 11.9. The molecule has 0 radical (unpaired) electrons. The predicted octanol–water partition coefficient (Wildman–Crippen LogP) is 0.758. The zero-order chi connectivity index (χ0) is 14.7. The third kappa shape index (κ3) is 1.69. The summed E-state index contributed by atoms with van der Waals surface area (Å²) in [6.45, 7) is 4.00. The van der Waals surface area contributed by atoms with Gasteiger partial charge in [-0.15, -0.1) is 0 Å². The van der Waals surface area contributed by atoms with Gasteiger partial charge in [0.05, 0.1) is 6.61 Å². The molecule has 5 fully saturated rings. The highest BCUT2D eigenvalue weighted by molar-refractivity contribution is 6.00. The first kappa shape index (κ1) is 13.8. The standard InChI is InChI=1S/C15H21NO4/c1-8(13(16)18)3-11(17)6-14-7-20-15(19)5-10(14)4-12(14)9(15)2/h3,9-10,12,19H,4-7H2,1-2H3,(H2,16,18)/b8-3+/t9-,10+,12+,14-,15-/m0/s1. The van der Waals surface area contributed by atoms with Gasteiger partial charge in [-0.1, -0.05) is 6.92 Å². The van der Waals surface area contributed by atoms with Crippen LogP contribution in [0, 0.1) is 23.2 Å². The zero-order valence-electron chi connectivity index (χ0n) is 11.9. The smallest absolute Gasteiger partial charge is 0.244 e. The molecule has 0 unspecified atom stereocenters. The molecule has 3 N–H and O–H groups in total. The highest BCUT2D eigenvalue weighted by Crippen LogP contribution is 2.69. The van der Waals surface area contributed by atoms with Crippen molar-refractivity contribution in [1.29, 1.82) is 0 Å². The van der Waals surface area contributed by atoms with Crippen molar-refractivity contribution in [2.24, 2.45) is 28.9 Å². The Balaban J connectivity index is 1.77. The SMILES string of the molecule is C/C(=C\C(=O)C[C@]12CO[C@@]3(O)C[C@H]1C[C@@H]2[C@@H]3C)C(N)=O. The van der Waals surface area contributed by atoms with Gasteiger partial charge in [0.15, 0.2) is 11.6 Å². The third-order valence-corrected chi connectivity index (χ3v) is 5.80. The van der Waals surface area contributed by atoms with Crippen molar-refractivity contribution < 1.29 is 19.4 Å². The molecule has 0 spiro atoms. The van der Waals surface area contributed by atoms with Crippen LogP contribution in [0.3, 0.4) is 0 Å². The molecule has 5 aliphatic rings. The van der Waals surface area contributed by atoms with Crippen molar-refractivity contribution >= 4 is 11.7 Å². The van der Waals surface area contributed by atoms with E-state index in [-0.39, 0.29) is 22.7 Å². The van der Waals surface area contributed by atoms with Crippen LogP contribution in [0.5, 0.6) is 0 Å². The Labute approximate surface area is 118 Å². The molecule has 5 rings (SSSR count). The normalized spacial score (nSPS) is 46.0. The molecule has 1 amide bonds. The molecule has 3 aliphatic carbocycles. The van der Waals surface area contributed by atoms with E-state index < -0.39 is 11.7 Å². The van der Waals surface area contributed by atoms with E-state index in [0.29, 0.717) is 31.3 Å². The molecule has 20 heavy (non-hydrogen) atoms. The minimum Gasteiger partial charge on any atom is -0.366 e. The monoisotopic (exact) mass is 279 g/mol. The Morgan fingerprint density at radius 1 is 1.50 bits per heavy atom. The van der Waals surface area contributed by atoms with E-state index in [4.69, 9.17) is 10.5 Å². The van der Waals surface area contributed by atoms with Crippen LogP contribution in [0.1, 0.15) is 33.1 Å². The van der Waals surface area contributed by atoms with Crippen LogP contribution in [0.2, 0.25) is 0 Å². The van der Waals surface area contributed by atoms with Crippen molar-refractivity contribution in [3.63, 3.8) is 0 Å². The first-order valence-electron chi connectivity index (χ1n) is 7.16. The Kier molecular flexibility index (Phi) is 2.86. The molecular weight excluding hydrogens is 258 g/mol. The Bertz CT molecular complexity index is 514. The molecule has 4 bridgehead atoms. The van der Waals surface area contributed by atoms with Crippen LogP contribution < -0.4 is 5.73 Å². The van der Waals surface area contributed by atoms with Crippen LogP contribution in [0.15, 0.2) is 11.6 Å². The fourth-order valence-electron chi connectivity index (χ4n) is 4.45. The molecule has 5 atom stereocenters. The summed E-state index contributed by atoms with van der Waals surface area (Å²) < 4.78 is 5.63. The summed E-state index contributed by atoms with van der Waals surface area (Å²) in [5.41, 5.74) is 5.29. The number of ether oxygens (including phenoxy) is 1. The number of allylic oxidation sites excluding steroid dienone is 1. The summed E-state index contributed by atoms with van der Waals surface area (Å²) in [4.78, 5) is 23.2. The van der Waals surface area contributed by atoms with E-state index in [2.05, 4.69) is 0 Å². The summed E-state index contributed by atoms with van der Waals surface area (Å²) in [7, 11) is 0. The van der Waals surface area contributed by atoms with Gasteiger partial charge in [0.25, 0.3) is 0 Å². The Morgan fingerprint density at radius 2 is 2.20 bits per heavy atom. The number of hydrogen-bond acceptors (Lipinski definition) is 4. The molecule has 2 heterocycles. The molecule has 2 saturated heterocycles. The number of primary amides is 1. The molecule has 0 aromatic carbocycles. The number of hydrogen-bond donors (Lipinski definition) is 2. The number of carbonyl (C=O) groups excluding carboxylic acids is 2. The van der Waals surface area contributed by atoms with Gasteiger partial charge in [-0.25, -0.2) is 0 Å². The number of fused-ring (bicyclic) bond motifs is 1. The highest BCUT2D eigenvalue weighted by atomic mass is 16.6. The lowest BCUT2D eigenvalue weighted by atomic mass is 9.40. The summed E-state index contributed by atoms with van der Waals surface area (Å²) in [6, 6.07) is 0. The Hall–Kier alpha value is -1.20. The maximum atomic E-state index is 12.2. The molecule has 5 heteroatoms. The fourth-order valence-corrected chi connectivity index (χ4v) is 4.45. The molecule has 0 aromatic heterocycles. The van der Waals surface area contributed by atoms with Crippen molar-refractivity contribution in [2.75, 3.05) is 6.61 Å². The number of nitrogens with two attached hydrogens (primary N) is 1. The van der Waals surface area contributed by atoms with Crippen molar-refractivity contribution in [1.82, 2.24) is 0 Å². The molecule has 2 aliphatic heterocycles. The lowest BCUT2D eigenvalue weighted by Gasteiger charge is -2.70. The minimum atomic E-state index is -0.989. The van der Waals surface area contributed by atoms with E-state index in [1.54, 1.807) is 6.92 Å². The number of aliphatic hydroxyl groups is 1. The third-order valence-electron chi connectivity index (χ3n) is 5.80. The van der Waals surface area contributed by atoms with Gasteiger partial charge < -0.3 is 15.6 Å². The van der Waals surface area contributed by atoms with Gasteiger partial charge in [-0.2, -0.15) is 0 Å². The largest absolute Gasteiger partial charge is 0.366 e. The highest BCUT2D eigenvalue weighted by Gasteiger charge is 2.70. The van der Waals surface area contributed by atoms with Crippen molar-refractivity contribution in [3.05, 3.63) is 11.6 Å². The second-order valence-electron chi connectivity index (χ2n) is 6.73. The van der Waals surface area contributed by atoms with Gasteiger partial charge in [0, 0.05) is 29.7 Å². The number of ketones is 1. The second-order valence-corrected chi connectivity index (χ2v) is 6.73. The van der Waals surface area contributed by atoms with Gasteiger partial charge >= 0.3 is 0 Å². The lowest BCUT2D eigenvalue weighted by Crippen LogP contribution is -2.72. The second kappa shape index (κ2) is 4.15. The average molecular weight is 279 g/mol. The summed E-state index contributed by atoms with van der Waals surface area (Å²) in [5, 5.41) is 10.4. The topological polar surface area (TPSA) is 89.6 Å². The molecule has 110 valence electrons. The van der Waals surface area contributed by atoms with Crippen molar-refractivity contribution in [2.45, 2.75) is 38.9 Å². The van der Waals surface area contributed by atoms with E-state index in [9.17, 15) is 14.7 Å². The van der Waals surface area contributed by atoms with Gasteiger partial charge in [0.1, 0.15) is 0 Å². The van der Waals surface area contributed by atoms with Crippen LogP contribution in [0.25, 0.3) is 0 Å². The maximum absolute atomic E-state index is 12.2. The van der Waals surface area contributed by atoms with E-state index in [1.807, 2.05) is 6.92 Å². The Morgan fingerprint density at radius 3 is 2.75 bits per heavy atom. The predicted molar refractivity (Wildman–Crippen MR) is 71.3 cm³/mol. The molecular formula is C15H21NO4. The van der Waals surface area contributed by atoms with Crippen LogP contribution >= 0.6 is 0 Å². The first-order valence-corrected chi connectivity index (χ1v) is 7.16. The number of rotatable bonds is 4. The van der Waals surface area contributed by atoms with Crippen LogP contribution in [-0.2, 0) is 14.3 Å². The van der Waals surface area contributed by atoms with Gasteiger partial charge in [-0.3, -0.25) is 9.59 Å². The molecule has 3 saturated carbocycles. The van der Waals surface area contributed by atoms with Gasteiger partial charge in [-0.05, 0) is 31.3 Å².